The topological polar surface area (TPSA) is 225 Å². The highest BCUT2D eigenvalue weighted by Gasteiger charge is 2.53. The first-order chi connectivity index (χ1) is 33.7. The molecule has 2 bridgehead atoms. The number of nitrogens with zero attached hydrogens (tertiary/aromatic N) is 1. The molecule has 4 N–H and O–H groups in total. The zero-order valence-corrected chi connectivity index (χ0v) is 44.3. The fourth-order valence-corrected chi connectivity index (χ4v) is 11.2. The molecule has 404 valence electrons. The molecule has 0 aromatic rings. The van der Waals surface area contributed by atoms with Crippen molar-refractivity contribution in [2.75, 3.05) is 40.6 Å². The van der Waals surface area contributed by atoms with Crippen molar-refractivity contribution < 1.29 is 72.8 Å². The molecule has 1 amide bonds. The lowest BCUT2D eigenvalue weighted by atomic mass is 9.76. The third-order valence-corrected chi connectivity index (χ3v) is 16.0. The molecule has 0 spiro atoms. The number of hydrogen-bond acceptors (Lipinski definition) is 15. The summed E-state index contributed by atoms with van der Waals surface area (Å²) in [5.74, 6) is -10.0. The molecule has 18 unspecified atom stereocenters. The highest BCUT2D eigenvalue weighted by atomic mass is 16.6. The second-order valence-corrected chi connectivity index (χ2v) is 21.3. The number of carbonyl (C=O) groups is 5. The van der Waals surface area contributed by atoms with Crippen molar-refractivity contribution in [1.29, 1.82) is 0 Å². The molecule has 2 saturated heterocycles. The highest BCUT2D eigenvalue weighted by Crippen LogP contribution is 2.39. The average Bonchev–Trinajstić information content (AvgIpc) is 3.36. The van der Waals surface area contributed by atoms with Gasteiger partial charge in [-0.1, -0.05) is 71.9 Å². The predicted molar refractivity (Wildman–Crippen MR) is 267 cm³/mol. The number of carbonyl (C=O) groups excluding carboxylic acids is 5. The van der Waals surface area contributed by atoms with Crippen LogP contribution in [0, 0.1) is 47.3 Å². The van der Waals surface area contributed by atoms with Crippen molar-refractivity contribution in [3.63, 3.8) is 0 Å². The zero-order chi connectivity index (χ0) is 52.6. The zero-order valence-electron chi connectivity index (χ0n) is 44.3. The van der Waals surface area contributed by atoms with Crippen molar-refractivity contribution in [2.45, 2.75) is 193 Å². The summed E-state index contributed by atoms with van der Waals surface area (Å²) in [6.07, 6.45) is 7.87. The fraction of sp³-hybridized carbons (Fsp3) is 0.800. The number of allylic oxidation sites excluding steroid dienone is 5. The van der Waals surface area contributed by atoms with Gasteiger partial charge in [0.15, 0.2) is 6.10 Å². The number of hydrogen-bond donors (Lipinski definition) is 4. The summed E-state index contributed by atoms with van der Waals surface area (Å²) >= 11 is 0. The van der Waals surface area contributed by atoms with Gasteiger partial charge in [-0.05, 0) is 101 Å². The van der Waals surface area contributed by atoms with E-state index in [2.05, 4.69) is 0 Å². The van der Waals surface area contributed by atoms with Gasteiger partial charge in [0.25, 0.3) is 5.91 Å². The van der Waals surface area contributed by atoms with Gasteiger partial charge in [-0.25, -0.2) is 4.79 Å². The molecule has 16 heteroatoms. The van der Waals surface area contributed by atoms with E-state index in [1.807, 2.05) is 58.1 Å². The largest absolute Gasteiger partial charge is 0.460 e. The quantitative estimate of drug-likeness (QED) is 0.0821. The van der Waals surface area contributed by atoms with E-state index in [4.69, 9.17) is 28.4 Å². The summed E-state index contributed by atoms with van der Waals surface area (Å²) < 4.78 is 35.9. The van der Waals surface area contributed by atoms with Crippen LogP contribution in [0.25, 0.3) is 0 Å². The predicted octanol–water partition coefficient (Wildman–Crippen LogP) is 5.88. The van der Waals surface area contributed by atoms with Gasteiger partial charge in [0.1, 0.15) is 30.0 Å². The molecule has 16 nitrogen and oxygen atoms in total. The van der Waals surface area contributed by atoms with Crippen LogP contribution in [0.15, 0.2) is 36.0 Å². The Morgan fingerprint density at radius 2 is 1.61 bits per heavy atom. The number of ether oxygens (including phenoxy) is 6. The number of aldehydes is 1. The number of amides is 1. The van der Waals surface area contributed by atoms with E-state index < -0.39 is 107 Å². The van der Waals surface area contributed by atoms with E-state index in [0.717, 1.165) is 18.4 Å². The lowest BCUT2D eigenvalue weighted by Gasteiger charge is -2.46. The maximum atomic E-state index is 14.6. The Morgan fingerprint density at radius 3 is 2.28 bits per heavy atom. The van der Waals surface area contributed by atoms with Crippen molar-refractivity contribution in [1.82, 2.24) is 4.90 Å². The molecule has 3 aliphatic heterocycles. The van der Waals surface area contributed by atoms with Crippen LogP contribution >= 0.6 is 0 Å². The lowest BCUT2D eigenvalue weighted by molar-refractivity contribution is -0.317. The van der Waals surface area contributed by atoms with Gasteiger partial charge < -0.3 is 58.5 Å². The van der Waals surface area contributed by atoms with Gasteiger partial charge in [-0.15, -0.1) is 0 Å². The summed E-state index contributed by atoms with van der Waals surface area (Å²) in [6, 6.07) is -1.14. The average molecular weight is 1000 g/mol. The normalized spacial score (nSPS) is 38.8. The molecule has 4 aliphatic rings. The van der Waals surface area contributed by atoms with Gasteiger partial charge in [0.05, 0.1) is 55.8 Å². The first-order valence-corrected chi connectivity index (χ1v) is 26.5. The Labute approximate surface area is 423 Å². The van der Waals surface area contributed by atoms with E-state index >= 15 is 0 Å². The van der Waals surface area contributed by atoms with E-state index in [9.17, 15) is 44.4 Å². The number of methoxy groups -OCH3 is 2. The summed E-state index contributed by atoms with van der Waals surface area (Å²) in [5.41, 5.74) is 0.872. The summed E-state index contributed by atoms with van der Waals surface area (Å²) in [7, 11) is 3.23. The molecule has 71 heavy (non-hydrogen) atoms. The van der Waals surface area contributed by atoms with E-state index in [-0.39, 0.29) is 43.4 Å². The molecule has 1 saturated carbocycles. The number of aliphatic hydroxyl groups is 4. The third-order valence-electron chi connectivity index (χ3n) is 16.0. The molecule has 3 fully saturated rings. The van der Waals surface area contributed by atoms with Crippen LogP contribution in [0.5, 0.6) is 0 Å². The number of Topliss-reactive ketones (excluding diaryl/α,β-unsaturated/α-hetero) is 2. The van der Waals surface area contributed by atoms with E-state index in [0.29, 0.717) is 77.5 Å². The molecule has 0 aromatic carbocycles. The van der Waals surface area contributed by atoms with Gasteiger partial charge >= 0.3 is 5.97 Å². The Morgan fingerprint density at radius 1 is 0.873 bits per heavy atom. The van der Waals surface area contributed by atoms with Crippen LogP contribution in [0.2, 0.25) is 0 Å². The standard InChI is InChI=1S/C55H89NO15/c1-11-68-25-26-69-45-23-21-40(29-48(45)67-10)28-35(4)47-31-44(58)38(7)50(60)39(8)51(61)42(32-57)49(59)36(5)27-33(2)17-13-12-14-18-34(3)46(66-9)30-41-22-20-37(6)55(65,71-41)52(62)53(63)56-24-16-15-19-43(56)54(64)70-47/h12-14,17-18,32-33,35-43,45-48,50-52,60-62,65H,11,15-16,19-31H2,1-10H3. The van der Waals surface area contributed by atoms with Crippen molar-refractivity contribution in [3.8, 4) is 0 Å². The van der Waals surface area contributed by atoms with Crippen LogP contribution in [0.1, 0.15) is 132 Å². The Hall–Kier alpha value is -3.19. The Bertz CT molecular complexity index is 1800. The summed E-state index contributed by atoms with van der Waals surface area (Å²) in [6.45, 7) is 15.7. The number of aliphatic hydroxyl groups excluding tert-OH is 3. The lowest BCUT2D eigenvalue weighted by Crippen LogP contribution is -2.63. The molecule has 0 aromatic heterocycles. The number of rotatable bonds is 11. The van der Waals surface area contributed by atoms with E-state index in [1.165, 1.54) is 18.7 Å². The van der Waals surface area contributed by atoms with Crippen molar-refractivity contribution >= 4 is 29.7 Å². The molecular weight excluding hydrogens is 915 g/mol. The van der Waals surface area contributed by atoms with Crippen molar-refractivity contribution in [2.24, 2.45) is 47.3 Å². The van der Waals surface area contributed by atoms with Crippen LogP contribution in [0.4, 0.5) is 0 Å². The molecular formula is C55H89NO15. The minimum absolute atomic E-state index is 0.0742. The summed E-state index contributed by atoms with van der Waals surface area (Å²) in [5, 5.41) is 47.1. The number of cyclic esters (lactones) is 1. The minimum atomic E-state index is -2.27. The molecule has 3 heterocycles. The first kappa shape index (κ1) is 60.4. The number of piperidine rings is 1. The highest BCUT2D eigenvalue weighted by molar-refractivity contribution is 5.95. The number of fused-ring (bicyclic) bond motifs is 3. The monoisotopic (exact) mass is 1000 g/mol. The van der Waals surface area contributed by atoms with Crippen LogP contribution < -0.4 is 0 Å². The maximum Gasteiger partial charge on any atom is 0.329 e. The third kappa shape index (κ3) is 16.4. The smallest absolute Gasteiger partial charge is 0.329 e. The SMILES string of the molecule is CCOCCOC1CCC(CC(C)C2CC(=O)C(C)C(O)C(C)C(O)C(C=O)C(=O)C(C)CC(C)C=CC=CC=C(C)C(OC)CC3CCC(C)C(O)(O3)C(O)C(=O)N3CCCCC3C(=O)O2)CC1OC. The van der Waals surface area contributed by atoms with Gasteiger partial charge in [0, 0.05) is 63.9 Å². The number of esters is 1. The minimum Gasteiger partial charge on any atom is -0.460 e. The Kier molecular flexibility index (Phi) is 24.7. The molecule has 1 aliphatic carbocycles. The van der Waals surface area contributed by atoms with Gasteiger partial charge in [-0.2, -0.15) is 0 Å². The van der Waals surface area contributed by atoms with Crippen LogP contribution in [-0.4, -0.2) is 156 Å². The van der Waals surface area contributed by atoms with Crippen molar-refractivity contribution in [3.05, 3.63) is 36.0 Å². The van der Waals surface area contributed by atoms with Gasteiger partial charge in [0.2, 0.25) is 5.79 Å². The fourth-order valence-electron chi connectivity index (χ4n) is 11.2. The van der Waals surface area contributed by atoms with Gasteiger partial charge in [-0.3, -0.25) is 14.4 Å². The number of ketones is 2. The first-order valence-electron chi connectivity index (χ1n) is 26.5. The van der Waals surface area contributed by atoms with Crippen LogP contribution in [0.3, 0.4) is 0 Å². The molecule has 0 radical (unpaired) electrons. The Balaban J connectivity index is 1.68. The maximum absolute atomic E-state index is 14.6. The second kappa shape index (κ2) is 29.0. The molecule has 18 atom stereocenters. The summed E-state index contributed by atoms with van der Waals surface area (Å²) in [4.78, 5) is 70.8. The second-order valence-electron chi connectivity index (χ2n) is 21.3. The van der Waals surface area contributed by atoms with Crippen LogP contribution in [-0.2, 0) is 52.4 Å². The van der Waals surface area contributed by atoms with E-state index in [1.54, 1.807) is 28.1 Å². The molecule has 4 rings (SSSR count).